The summed E-state index contributed by atoms with van der Waals surface area (Å²) in [6.45, 7) is 2.11. The lowest BCUT2D eigenvalue weighted by Gasteiger charge is -2.30. The summed E-state index contributed by atoms with van der Waals surface area (Å²) in [5, 5.41) is 0. The summed E-state index contributed by atoms with van der Waals surface area (Å²) in [6, 6.07) is 18.1. The van der Waals surface area contributed by atoms with Crippen LogP contribution in [0.1, 0.15) is 18.1 Å². The van der Waals surface area contributed by atoms with Crippen molar-refractivity contribution in [1.29, 1.82) is 0 Å². The standard InChI is InChI=1S/C17H14Cl2O/c1-15-11-12-7-5-6-10-14(12)20-16(15,17(15,18)19)13-8-3-2-4-9-13/h2-10H,11H2,1H3/t15-,16-/m0/s1. The Hall–Kier alpha value is -1.18. The summed E-state index contributed by atoms with van der Waals surface area (Å²) in [7, 11) is 0. The fourth-order valence-electron chi connectivity index (χ4n) is 3.59. The zero-order valence-corrected chi connectivity index (χ0v) is 12.6. The van der Waals surface area contributed by atoms with Gasteiger partial charge in [-0.15, -0.1) is 0 Å². The summed E-state index contributed by atoms with van der Waals surface area (Å²) < 4.78 is 5.42. The van der Waals surface area contributed by atoms with E-state index < -0.39 is 9.93 Å². The number of ether oxygens (including phenoxy) is 1. The van der Waals surface area contributed by atoms with E-state index >= 15 is 0 Å². The van der Waals surface area contributed by atoms with Crippen LogP contribution in [-0.4, -0.2) is 4.33 Å². The topological polar surface area (TPSA) is 9.23 Å². The highest BCUT2D eigenvalue weighted by Crippen LogP contribution is 2.80. The number of para-hydroxylation sites is 1. The quantitative estimate of drug-likeness (QED) is 0.693. The summed E-state index contributed by atoms with van der Waals surface area (Å²) in [6.07, 6.45) is 0.824. The van der Waals surface area contributed by atoms with Gasteiger partial charge in [-0.25, -0.2) is 0 Å². The van der Waals surface area contributed by atoms with Crippen LogP contribution in [0.25, 0.3) is 0 Å². The van der Waals surface area contributed by atoms with Crippen molar-refractivity contribution in [3.8, 4) is 5.75 Å². The molecule has 102 valence electrons. The van der Waals surface area contributed by atoms with Gasteiger partial charge in [-0.05, 0) is 23.6 Å². The van der Waals surface area contributed by atoms with Gasteiger partial charge in [0.2, 0.25) is 0 Å². The van der Waals surface area contributed by atoms with Crippen LogP contribution in [0, 0.1) is 5.41 Å². The molecule has 20 heavy (non-hydrogen) atoms. The number of alkyl halides is 2. The lowest BCUT2D eigenvalue weighted by Crippen LogP contribution is -2.30. The van der Waals surface area contributed by atoms with E-state index in [4.69, 9.17) is 27.9 Å². The molecule has 1 aliphatic carbocycles. The number of halogens is 2. The average Bonchev–Trinajstić information content (AvgIpc) is 2.86. The van der Waals surface area contributed by atoms with Gasteiger partial charge in [-0.1, -0.05) is 78.7 Å². The van der Waals surface area contributed by atoms with Gasteiger partial charge < -0.3 is 4.74 Å². The SMILES string of the molecule is C[C@]12Cc3ccccc3O[C@]1(c1ccccc1)C2(Cl)Cl. The molecule has 0 radical (unpaired) electrons. The van der Waals surface area contributed by atoms with E-state index in [1.165, 1.54) is 5.56 Å². The van der Waals surface area contributed by atoms with Crippen molar-refractivity contribution in [2.45, 2.75) is 23.3 Å². The van der Waals surface area contributed by atoms with Gasteiger partial charge >= 0.3 is 0 Å². The van der Waals surface area contributed by atoms with E-state index in [-0.39, 0.29) is 5.41 Å². The van der Waals surface area contributed by atoms with E-state index in [2.05, 4.69) is 13.0 Å². The van der Waals surface area contributed by atoms with Crippen molar-refractivity contribution in [2.75, 3.05) is 0 Å². The molecule has 2 aliphatic rings. The molecule has 0 spiro atoms. The van der Waals surface area contributed by atoms with Crippen molar-refractivity contribution in [1.82, 2.24) is 0 Å². The van der Waals surface area contributed by atoms with Gasteiger partial charge in [0.15, 0.2) is 9.93 Å². The number of rotatable bonds is 1. The first-order valence-corrected chi connectivity index (χ1v) is 7.49. The van der Waals surface area contributed by atoms with Crippen molar-refractivity contribution in [3.05, 3.63) is 65.7 Å². The molecular weight excluding hydrogens is 291 g/mol. The molecule has 0 aromatic heterocycles. The minimum atomic E-state index is -0.916. The van der Waals surface area contributed by atoms with Crippen molar-refractivity contribution in [2.24, 2.45) is 5.41 Å². The Balaban J connectivity index is 1.92. The molecule has 1 nitrogen and oxygen atoms in total. The number of benzene rings is 2. The van der Waals surface area contributed by atoms with Crippen LogP contribution in [0.4, 0.5) is 0 Å². The first-order chi connectivity index (χ1) is 9.53. The zero-order chi connectivity index (χ0) is 14.0. The predicted octanol–water partition coefficient (Wildman–Crippen LogP) is 4.71. The van der Waals surface area contributed by atoms with Gasteiger partial charge in [0.25, 0.3) is 0 Å². The first kappa shape index (κ1) is 12.6. The van der Waals surface area contributed by atoms with E-state index in [9.17, 15) is 0 Å². The Bertz CT molecular complexity index is 682. The number of hydrogen-bond donors (Lipinski definition) is 0. The highest BCUT2D eigenvalue weighted by Gasteiger charge is 2.88. The smallest absolute Gasteiger partial charge is 0.176 e. The van der Waals surface area contributed by atoms with Crippen LogP contribution < -0.4 is 4.74 Å². The Morgan fingerprint density at radius 3 is 2.35 bits per heavy atom. The van der Waals surface area contributed by atoms with Crippen LogP contribution in [0.3, 0.4) is 0 Å². The maximum atomic E-state index is 6.68. The fourth-order valence-corrected chi connectivity index (χ4v) is 4.61. The maximum absolute atomic E-state index is 6.68. The lowest BCUT2D eigenvalue weighted by atomic mass is 9.88. The molecule has 1 aliphatic heterocycles. The normalized spacial score (nSPS) is 32.8. The second-order valence-corrected chi connectivity index (χ2v) is 7.17. The van der Waals surface area contributed by atoms with Gasteiger partial charge in [0.1, 0.15) is 5.75 Å². The third-order valence-electron chi connectivity index (χ3n) is 4.81. The molecule has 2 aromatic carbocycles. The molecule has 0 unspecified atom stereocenters. The first-order valence-electron chi connectivity index (χ1n) is 6.73. The van der Waals surface area contributed by atoms with Crippen molar-refractivity contribution < 1.29 is 4.74 Å². The van der Waals surface area contributed by atoms with Gasteiger partial charge in [0, 0.05) is 0 Å². The highest BCUT2D eigenvalue weighted by molar-refractivity contribution is 6.53. The molecule has 2 atom stereocenters. The summed E-state index contributed by atoms with van der Waals surface area (Å²) in [5.74, 6) is 0.886. The molecule has 0 saturated heterocycles. The van der Waals surface area contributed by atoms with Gasteiger partial charge in [-0.2, -0.15) is 0 Å². The fraction of sp³-hybridized carbons (Fsp3) is 0.294. The maximum Gasteiger partial charge on any atom is 0.176 e. The van der Waals surface area contributed by atoms with Crippen LogP contribution in [0.15, 0.2) is 54.6 Å². The largest absolute Gasteiger partial charge is 0.478 e. The summed E-state index contributed by atoms with van der Waals surface area (Å²) in [5.41, 5.74) is 1.25. The minimum Gasteiger partial charge on any atom is -0.478 e. The molecule has 0 amide bonds. The molecule has 3 heteroatoms. The predicted molar refractivity (Wildman–Crippen MR) is 81.4 cm³/mol. The van der Waals surface area contributed by atoms with Crippen LogP contribution in [-0.2, 0) is 12.0 Å². The molecule has 2 aromatic rings. The van der Waals surface area contributed by atoms with Crippen LogP contribution in [0.5, 0.6) is 5.75 Å². The Morgan fingerprint density at radius 2 is 1.60 bits per heavy atom. The highest BCUT2D eigenvalue weighted by atomic mass is 35.5. The van der Waals surface area contributed by atoms with E-state index in [1.54, 1.807) is 0 Å². The van der Waals surface area contributed by atoms with Gasteiger partial charge in [0.05, 0.1) is 5.41 Å². The Kier molecular flexibility index (Phi) is 2.33. The average molecular weight is 305 g/mol. The molecule has 0 bridgehead atoms. The minimum absolute atomic E-state index is 0.307. The zero-order valence-electron chi connectivity index (χ0n) is 11.1. The second kappa shape index (κ2) is 3.72. The Labute approximate surface area is 128 Å². The summed E-state index contributed by atoms with van der Waals surface area (Å²) >= 11 is 13.4. The lowest BCUT2D eigenvalue weighted by molar-refractivity contribution is 0.111. The van der Waals surface area contributed by atoms with E-state index in [0.29, 0.717) is 0 Å². The molecule has 1 heterocycles. The second-order valence-electron chi connectivity index (χ2n) is 5.84. The molecule has 1 fully saturated rings. The third kappa shape index (κ3) is 1.22. The van der Waals surface area contributed by atoms with E-state index in [0.717, 1.165) is 17.7 Å². The van der Waals surface area contributed by atoms with E-state index in [1.807, 2.05) is 48.5 Å². The van der Waals surface area contributed by atoms with Crippen LogP contribution >= 0.6 is 23.2 Å². The number of hydrogen-bond acceptors (Lipinski definition) is 1. The molecule has 1 saturated carbocycles. The molecule has 0 N–H and O–H groups in total. The number of fused-ring (bicyclic) bond motifs is 2. The monoisotopic (exact) mass is 304 g/mol. The third-order valence-corrected chi connectivity index (χ3v) is 6.18. The molecular formula is C17H14Cl2O. The van der Waals surface area contributed by atoms with Crippen molar-refractivity contribution in [3.63, 3.8) is 0 Å². The molecule has 4 rings (SSSR count). The van der Waals surface area contributed by atoms with Gasteiger partial charge in [-0.3, -0.25) is 0 Å². The summed E-state index contributed by atoms with van der Waals surface area (Å²) in [4.78, 5) is 0. The Morgan fingerprint density at radius 1 is 0.950 bits per heavy atom. The van der Waals surface area contributed by atoms with Crippen molar-refractivity contribution >= 4 is 23.2 Å². The van der Waals surface area contributed by atoms with Crippen LogP contribution in [0.2, 0.25) is 0 Å².